The number of carbonyl (C=O) groups is 1. The molecule has 1 amide bonds. The van der Waals surface area contributed by atoms with Crippen molar-refractivity contribution in [3.8, 4) is 0 Å². The van der Waals surface area contributed by atoms with Gasteiger partial charge in [-0.25, -0.2) is 4.98 Å². The quantitative estimate of drug-likeness (QED) is 0.700. The zero-order chi connectivity index (χ0) is 17.1. The number of aliphatic hydroxyl groups is 1. The standard InChI is InChI=1S/C18H19N3O2S/c1-21-11-14(12-6-3-4-8-15(12)21)16(22)10-20-17(23)13-7-5-9-19-18(13)24-2/h3-9,11,16,22H,10H2,1-2H3,(H,20,23). The summed E-state index contributed by atoms with van der Waals surface area (Å²) >= 11 is 1.42. The number of hydrogen-bond acceptors (Lipinski definition) is 4. The number of nitrogens with zero attached hydrogens (tertiary/aromatic N) is 2. The first-order valence-electron chi connectivity index (χ1n) is 7.61. The van der Waals surface area contributed by atoms with Crippen molar-refractivity contribution in [3.63, 3.8) is 0 Å². The van der Waals surface area contributed by atoms with Crippen molar-refractivity contribution in [2.24, 2.45) is 7.05 Å². The minimum absolute atomic E-state index is 0.148. The molecule has 6 heteroatoms. The van der Waals surface area contributed by atoms with E-state index in [2.05, 4.69) is 10.3 Å². The van der Waals surface area contributed by atoms with Crippen molar-refractivity contribution in [1.82, 2.24) is 14.9 Å². The summed E-state index contributed by atoms with van der Waals surface area (Å²) in [6.07, 6.45) is 4.67. The predicted octanol–water partition coefficient (Wildman–Crippen LogP) is 2.76. The van der Waals surface area contributed by atoms with Gasteiger partial charge >= 0.3 is 0 Å². The first-order valence-corrected chi connectivity index (χ1v) is 8.83. The number of rotatable bonds is 5. The van der Waals surface area contributed by atoms with Gasteiger partial charge in [0.05, 0.1) is 11.7 Å². The highest BCUT2D eigenvalue weighted by atomic mass is 32.2. The Morgan fingerprint density at radius 1 is 1.33 bits per heavy atom. The lowest BCUT2D eigenvalue weighted by molar-refractivity contribution is 0.0913. The number of aliphatic hydroxyl groups excluding tert-OH is 1. The lowest BCUT2D eigenvalue weighted by atomic mass is 10.1. The van der Waals surface area contributed by atoms with E-state index in [4.69, 9.17) is 0 Å². The molecule has 0 fully saturated rings. The summed E-state index contributed by atoms with van der Waals surface area (Å²) in [4.78, 5) is 16.5. The van der Waals surface area contributed by atoms with Crippen LogP contribution < -0.4 is 5.32 Å². The molecule has 0 radical (unpaired) electrons. The molecule has 2 N–H and O–H groups in total. The second-order valence-electron chi connectivity index (χ2n) is 5.50. The van der Waals surface area contributed by atoms with Gasteiger partial charge in [0.2, 0.25) is 0 Å². The predicted molar refractivity (Wildman–Crippen MR) is 96.2 cm³/mol. The van der Waals surface area contributed by atoms with Crippen molar-refractivity contribution in [3.05, 3.63) is 59.9 Å². The summed E-state index contributed by atoms with van der Waals surface area (Å²) in [5.74, 6) is -0.230. The van der Waals surface area contributed by atoms with Gasteiger partial charge in [-0.1, -0.05) is 18.2 Å². The molecule has 0 aliphatic rings. The fourth-order valence-electron chi connectivity index (χ4n) is 2.76. The van der Waals surface area contributed by atoms with E-state index in [-0.39, 0.29) is 12.5 Å². The van der Waals surface area contributed by atoms with Crippen molar-refractivity contribution in [2.45, 2.75) is 11.1 Å². The van der Waals surface area contributed by atoms with Crippen LogP contribution in [0.25, 0.3) is 10.9 Å². The Morgan fingerprint density at radius 2 is 2.12 bits per heavy atom. The largest absolute Gasteiger partial charge is 0.386 e. The van der Waals surface area contributed by atoms with Gasteiger partial charge in [-0.3, -0.25) is 4.79 Å². The van der Waals surface area contributed by atoms with E-state index in [0.717, 1.165) is 16.5 Å². The molecule has 1 aromatic carbocycles. The van der Waals surface area contributed by atoms with Crippen LogP contribution in [-0.4, -0.2) is 33.4 Å². The molecule has 5 nitrogen and oxygen atoms in total. The van der Waals surface area contributed by atoms with E-state index < -0.39 is 6.10 Å². The van der Waals surface area contributed by atoms with E-state index in [1.54, 1.807) is 18.3 Å². The van der Waals surface area contributed by atoms with Gasteiger partial charge in [-0.2, -0.15) is 0 Å². The molecule has 0 bridgehead atoms. The van der Waals surface area contributed by atoms with E-state index in [9.17, 15) is 9.90 Å². The first-order chi connectivity index (χ1) is 11.6. The number of aromatic nitrogens is 2. The average molecular weight is 341 g/mol. The molecule has 0 aliphatic carbocycles. The van der Waals surface area contributed by atoms with Gasteiger partial charge < -0.3 is 15.0 Å². The second-order valence-corrected chi connectivity index (χ2v) is 6.29. The molecule has 0 saturated heterocycles. The van der Waals surface area contributed by atoms with E-state index >= 15 is 0 Å². The summed E-state index contributed by atoms with van der Waals surface area (Å²) < 4.78 is 1.97. The second kappa shape index (κ2) is 7.07. The third-order valence-electron chi connectivity index (χ3n) is 3.95. The Morgan fingerprint density at radius 3 is 2.92 bits per heavy atom. The molecule has 124 valence electrons. The molecule has 0 spiro atoms. The van der Waals surface area contributed by atoms with Gasteiger partial charge in [0, 0.05) is 42.5 Å². The van der Waals surface area contributed by atoms with Crippen molar-refractivity contribution in [2.75, 3.05) is 12.8 Å². The van der Waals surface area contributed by atoms with Crippen LogP contribution in [0.5, 0.6) is 0 Å². The van der Waals surface area contributed by atoms with Gasteiger partial charge in [0.25, 0.3) is 5.91 Å². The molecule has 0 aliphatic heterocycles. The SMILES string of the molecule is CSc1ncccc1C(=O)NCC(O)c1cn(C)c2ccccc12. The third kappa shape index (κ3) is 3.16. The molecular formula is C18H19N3O2S. The molecule has 1 atom stereocenters. The number of aryl methyl sites for hydroxylation is 1. The van der Waals surface area contributed by atoms with Gasteiger partial charge in [-0.15, -0.1) is 11.8 Å². The Hall–Kier alpha value is -2.31. The number of nitrogens with one attached hydrogen (secondary N) is 1. The fourth-order valence-corrected chi connectivity index (χ4v) is 3.31. The van der Waals surface area contributed by atoms with Crippen LogP contribution in [0.4, 0.5) is 0 Å². The highest BCUT2D eigenvalue weighted by Crippen LogP contribution is 2.25. The Bertz CT molecular complexity index is 876. The first kappa shape index (κ1) is 16.5. The maximum atomic E-state index is 12.3. The number of carbonyl (C=O) groups excluding carboxylic acids is 1. The highest BCUT2D eigenvalue weighted by molar-refractivity contribution is 7.98. The lowest BCUT2D eigenvalue weighted by Gasteiger charge is -2.12. The molecular weight excluding hydrogens is 322 g/mol. The molecule has 2 heterocycles. The monoisotopic (exact) mass is 341 g/mol. The summed E-state index contributed by atoms with van der Waals surface area (Å²) in [6.45, 7) is 0.148. The van der Waals surface area contributed by atoms with Crippen molar-refractivity contribution < 1.29 is 9.90 Å². The number of pyridine rings is 1. The zero-order valence-corrected chi connectivity index (χ0v) is 14.4. The summed E-state index contributed by atoms with van der Waals surface area (Å²) in [5, 5.41) is 15.0. The minimum atomic E-state index is -0.769. The summed E-state index contributed by atoms with van der Waals surface area (Å²) in [7, 11) is 1.94. The Kier molecular flexibility index (Phi) is 4.87. The van der Waals surface area contributed by atoms with Crippen LogP contribution in [0.3, 0.4) is 0 Å². The van der Waals surface area contributed by atoms with Crippen LogP contribution in [0.15, 0.2) is 53.8 Å². The molecule has 1 unspecified atom stereocenters. The molecule has 3 aromatic rings. The number of hydrogen-bond donors (Lipinski definition) is 2. The number of thioether (sulfide) groups is 1. The molecule has 24 heavy (non-hydrogen) atoms. The number of para-hydroxylation sites is 1. The maximum Gasteiger partial charge on any atom is 0.254 e. The maximum absolute atomic E-state index is 12.3. The number of amides is 1. The number of fused-ring (bicyclic) bond motifs is 1. The molecule has 2 aromatic heterocycles. The van der Waals surface area contributed by atoms with Crippen molar-refractivity contribution in [1.29, 1.82) is 0 Å². The minimum Gasteiger partial charge on any atom is -0.386 e. The zero-order valence-electron chi connectivity index (χ0n) is 13.6. The average Bonchev–Trinajstić information content (AvgIpc) is 2.96. The van der Waals surface area contributed by atoms with E-state index in [1.165, 1.54) is 11.8 Å². The summed E-state index contributed by atoms with van der Waals surface area (Å²) in [6, 6.07) is 11.4. The normalized spacial score (nSPS) is 12.3. The Balaban J connectivity index is 1.75. The fraction of sp³-hybridized carbons (Fsp3) is 0.222. The van der Waals surface area contributed by atoms with Crippen LogP contribution >= 0.6 is 11.8 Å². The van der Waals surface area contributed by atoms with E-state index in [1.807, 2.05) is 48.3 Å². The number of benzene rings is 1. The summed E-state index contributed by atoms with van der Waals surface area (Å²) in [5.41, 5.74) is 2.38. The lowest BCUT2D eigenvalue weighted by Crippen LogP contribution is -2.28. The Labute approximate surface area is 144 Å². The highest BCUT2D eigenvalue weighted by Gasteiger charge is 2.17. The van der Waals surface area contributed by atoms with Crippen LogP contribution in [0.2, 0.25) is 0 Å². The van der Waals surface area contributed by atoms with Crippen LogP contribution in [-0.2, 0) is 7.05 Å². The topological polar surface area (TPSA) is 67.2 Å². The van der Waals surface area contributed by atoms with Crippen LogP contribution in [0.1, 0.15) is 22.0 Å². The van der Waals surface area contributed by atoms with E-state index in [0.29, 0.717) is 10.6 Å². The van der Waals surface area contributed by atoms with Gasteiger partial charge in [0.15, 0.2) is 0 Å². The van der Waals surface area contributed by atoms with Crippen molar-refractivity contribution >= 4 is 28.6 Å². The smallest absolute Gasteiger partial charge is 0.254 e. The van der Waals surface area contributed by atoms with Gasteiger partial charge in [0.1, 0.15) is 5.03 Å². The third-order valence-corrected chi connectivity index (χ3v) is 4.66. The van der Waals surface area contributed by atoms with Gasteiger partial charge in [-0.05, 0) is 24.5 Å². The molecule has 3 rings (SSSR count). The van der Waals surface area contributed by atoms with Crippen LogP contribution in [0, 0.1) is 0 Å². The molecule has 0 saturated carbocycles.